The Hall–Kier alpha value is -2.01. The predicted molar refractivity (Wildman–Crippen MR) is 99.9 cm³/mol. The highest BCUT2D eigenvalue weighted by Crippen LogP contribution is 2.64. The van der Waals surface area contributed by atoms with Crippen LogP contribution < -0.4 is 0 Å². The lowest BCUT2D eigenvalue weighted by Crippen LogP contribution is -2.74. The first-order valence-corrected chi connectivity index (χ1v) is 10.4. The normalized spacial score (nSPS) is 17.0. The Balaban J connectivity index is 3.53. The standard InChI is InChI=1S/C21H19F17O/c1-10(2)8-11-4-6-12(7-5-11)13(3,39)9-14(22,23)15(24,25)16(26,27)17(28,29)18(30,31)19(32,33)20(34,35)21(36,37)38/h4-7,10,39H,8-9H2,1-3H3. The quantitative estimate of drug-likeness (QED) is 0.249. The van der Waals surface area contributed by atoms with Gasteiger partial charge >= 0.3 is 47.6 Å². The third-order valence-corrected chi connectivity index (χ3v) is 5.57. The highest BCUT2D eigenvalue weighted by atomic mass is 19.4. The van der Waals surface area contributed by atoms with Crippen LogP contribution in [0.4, 0.5) is 74.6 Å². The lowest BCUT2D eigenvalue weighted by Gasteiger charge is -2.43. The molecule has 0 saturated heterocycles. The molecule has 228 valence electrons. The fraction of sp³-hybridized carbons (Fsp3) is 0.714. The zero-order valence-corrected chi connectivity index (χ0v) is 19.7. The van der Waals surface area contributed by atoms with Gasteiger partial charge in [0.15, 0.2) is 0 Å². The lowest BCUT2D eigenvalue weighted by atomic mass is 9.83. The van der Waals surface area contributed by atoms with E-state index in [1.54, 1.807) is 13.8 Å². The molecule has 1 nitrogen and oxygen atoms in total. The highest BCUT2D eigenvalue weighted by Gasteiger charge is 2.95. The second-order valence-electron chi connectivity index (χ2n) is 9.39. The van der Waals surface area contributed by atoms with Gasteiger partial charge in [-0.3, -0.25) is 0 Å². The molecular formula is C21H19F17O. The van der Waals surface area contributed by atoms with Crippen LogP contribution in [0, 0.1) is 5.92 Å². The van der Waals surface area contributed by atoms with Gasteiger partial charge in [-0.15, -0.1) is 0 Å². The SMILES string of the molecule is CC(C)Cc1ccc(C(C)(O)CC(F)(F)C(F)(F)C(F)(F)C(F)(F)C(F)(F)C(F)(F)C(F)(F)C(F)(F)F)cc1. The Morgan fingerprint density at radius 3 is 1.23 bits per heavy atom. The van der Waals surface area contributed by atoms with E-state index in [2.05, 4.69) is 0 Å². The van der Waals surface area contributed by atoms with E-state index in [1.165, 1.54) is 0 Å². The number of hydrogen-bond donors (Lipinski definition) is 1. The van der Waals surface area contributed by atoms with Crippen LogP contribution >= 0.6 is 0 Å². The molecule has 18 heteroatoms. The Morgan fingerprint density at radius 1 is 0.564 bits per heavy atom. The van der Waals surface area contributed by atoms with E-state index in [0.717, 1.165) is 24.3 Å². The van der Waals surface area contributed by atoms with Crippen LogP contribution in [0.25, 0.3) is 0 Å². The molecule has 1 unspecified atom stereocenters. The van der Waals surface area contributed by atoms with E-state index in [0.29, 0.717) is 12.0 Å². The molecule has 0 aliphatic rings. The summed E-state index contributed by atoms with van der Waals surface area (Å²) in [6.45, 7) is 3.76. The van der Waals surface area contributed by atoms with Gasteiger partial charge in [0.25, 0.3) is 0 Å². The summed E-state index contributed by atoms with van der Waals surface area (Å²) in [5.74, 6) is -57.0. The van der Waals surface area contributed by atoms with E-state index >= 15 is 0 Å². The largest absolute Gasteiger partial charge is 0.460 e. The van der Waals surface area contributed by atoms with E-state index in [4.69, 9.17) is 0 Å². The molecule has 1 aromatic rings. The minimum Gasteiger partial charge on any atom is -0.385 e. The van der Waals surface area contributed by atoms with E-state index in [1.807, 2.05) is 0 Å². The maximum Gasteiger partial charge on any atom is 0.460 e. The molecule has 0 spiro atoms. The van der Waals surface area contributed by atoms with Crippen molar-refractivity contribution in [2.45, 2.75) is 86.8 Å². The zero-order chi connectivity index (χ0) is 31.5. The van der Waals surface area contributed by atoms with Crippen LogP contribution in [0.15, 0.2) is 24.3 Å². The van der Waals surface area contributed by atoms with Gasteiger partial charge < -0.3 is 5.11 Å². The van der Waals surface area contributed by atoms with Crippen molar-refractivity contribution in [3.05, 3.63) is 35.4 Å². The molecule has 1 atom stereocenters. The Kier molecular flexibility index (Phi) is 8.82. The molecule has 0 fully saturated rings. The van der Waals surface area contributed by atoms with Crippen molar-refractivity contribution in [2.24, 2.45) is 5.92 Å². The molecule has 0 bridgehead atoms. The Morgan fingerprint density at radius 2 is 0.897 bits per heavy atom. The molecule has 0 radical (unpaired) electrons. The van der Waals surface area contributed by atoms with Gasteiger partial charge in [0.05, 0.1) is 12.0 Å². The summed E-state index contributed by atoms with van der Waals surface area (Å²) >= 11 is 0. The van der Waals surface area contributed by atoms with Crippen LogP contribution in [0.1, 0.15) is 38.3 Å². The number of halogens is 17. The Bertz CT molecular complexity index is 991. The second kappa shape index (κ2) is 9.82. The fourth-order valence-electron chi connectivity index (χ4n) is 3.31. The number of aliphatic hydroxyl groups is 1. The van der Waals surface area contributed by atoms with Crippen LogP contribution in [0.2, 0.25) is 0 Å². The molecule has 0 saturated carbocycles. The van der Waals surface area contributed by atoms with Crippen molar-refractivity contribution in [2.75, 3.05) is 0 Å². The molecule has 0 heterocycles. The number of rotatable bonds is 11. The van der Waals surface area contributed by atoms with Gasteiger partial charge in [0, 0.05) is 0 Å². The average molecular weight is 610 g/mol. The summed E-state index contributed by atoms with van der Waals surface area (Å²) < 4.78 is 228. The zero-order valence-electron chi connectivity index (χ0n) is 19.7. The van der Waals surface area contributed by atoms with Crippen molar-refractivity contribution in [1.29, 1.82) is 0 Å². The van der Waals surface area contributed by atoms with Gasteiger partial charge in [-0.25, -0.2) is 0 Å². The number of hydrogen-bond acceptors (Lipinski definition) is 1. The lowest BCUT2D eigenvalue weighted by molar-refractivity contribution is -0.462. The molecule has 0 aliphatic carbocycles. The molecule has 39 heavy (non-hydrogen) atoms. The van der Waals surface area contributed by atoms with Crippen molar-refractivity contribution in [3.8, 4) is 0 Å². The maximum absolute atomic E-state index is 14.3. The molecule has 1 N–H and O–H groups in total. The van der Waals surface area contributed by atoms with E-state index in [-0.39, 0.29) is 12.8 Å². The first-order chi connectivity index (χ1) is 16.8. The van der Waals surface area contributed by atoms with Gasteiger partial charge in [-0.05, 0) is 30.4 Å². The second-order valence-corrected chi connectivity index (χ2v) is 9.39. The van der Waals surface area contributed by atoms with Crippen molar-refractivity contribution < 1.29 is 79.7 Å². The van der Waals surface area contributed by atoms with Crippen LogP contribution in [0.3, 0.4) is 0 Å². The number of alkyl halides is 17. The van der Waals surface area contributed by atoms with Crippen LogP contribution in [-0.4, -0.2) is 52.7 Å². The fourth-order valence-corrected chi connectivity index (χ4v) is 3.31. The van der Waals surface area contributed by atoms with Crippen molar-refractivity contribution in [1.82, 2.24) is 0 Å². The summed E-state index contributed by atoms with van der Waals surface area (Å²) in [5, 5.41) is 10.2. The van der Waals surface area contributed by atoms with Crippen molar-refractivity contribution >= 4 is 0 Å². The van der Waals surface area contributed by atoms with Gasteiger partial charge in [-0.2, -0.15) is 74.6 Å². The van der Waals surface area contributed by atoms with Gasteiger partial charge in [0.1, 0.15) is 0 Å². The van der Waals surface area contributed by atoms with Crippen LogP contribution in [0.5, 0.6) is 0 Å². The molecule has 0 aliphatic heterocycles. The summed E-state index contributed by atoms with van der Waals surface area (Å²) in [6.07, 6.45) is -10.4. The van der Waals surface area contributed by atoms with Gasteiger partial charge in [0.2, 0.25) is 0 Å². The van der Waals surface area contributed by atoms with E-state index < -0.39 is 65.2 Å². The average Bonchev–Trinajstić information content (AvgIpc) is 2.71. The summed E-state index contributed by atoms with van der Waals surface area (Å²) in [4.78, 5) is 0. The minimum atomic E-state index is -8.68. The topological polar surface area (TPSA) is 20.2 Å². The Labute approximate surface area is 209 Å². The monoisotopic (exact) mass is 610 g/mol. The summed E-state index contributed by atoms with van der Waals surface area (Å²) in [5.41, 5.74) is -3.54. The maximum atomic E-state index is 14.3. The highest BCUT2D eigenvalue weighted by molar-refractivity contribution is 5.28. The molecule has 1 rings (SSSR count). The first kappa shape index (κ1) is 35.0. The molecule has 0 amide bonds. The minimum absolute atomic E-state index is 0.0323. The first-order valence-electron chi connectivity index (χ1n) is 10.4. The predicted octanol–water partition coefficient (Wildman–Crippen LogP) is 8.49. The third kappa shape index (κ3) is 5.49. The third-order valence-electron chi connectivity index (χ3n) is 5.57. The molecular weight excluding hydrogens is 591 g/mol. The van der Waals surface area contributed by atoms with Crippen molar-refractivity contribution in [3.63, 3.8) is 0 Å². The molecule has 1 aromatic carbocycles. The van der Waals surface area contributed by atoms with E-state index in [9.17, 15) is 79.7 Å². The molecule has 0 aromatic heterocycles. The summed E-state index contributed by atoms with van der Waals surface area (Å²) in [6, 6.07) is 3.97. The number of benzene rings is 1. The van der Waals surface area contributed by atoms with Crippen LogP contribution in [-0.2, 0) is 12.0 Å². The van der Waals surface area contributed by atoms with Gasteiger partial charge in [-0.1, -0.05) is 38.1 Å². The summed E-state index contributed by atoms with van der Waals surface area (Å²) in [7, 11) is 0. The smallest absolute Gasteiger partial charge is 0.385 e.